The maximum atomic E-state index is 12.4. The molecular weight excluding hydrogens is 272 g/mol. The van der Waals surface area contributed by atoms with Crippen LogP contribution in [0.4, 0.5) is 5.69 Å². The predicted octanol–water partition coefficient (Wildman–Crippen LogP) is 2.60. The molecule has 0 aliphatic heterocycles. The van der Waals surface area contributed by atoms with Crippen LogP contribution in [0.3, 0.4) is 0 Å². The van der Waals surface area contributed by atoms with Crippen LogP contribution in [-0.4, -0.2) is 16.3 Å². The van der Waals surface area contributed by atoms with Crippen LogP contribution in [-0.2, 0) is 16.6 Å². The van der Waals surface area contributed by atoms with Gasteiger partial charge in [0.2, 0.25) is 0 Å². The number of rotatable bonds is 4. The zero-order valence-electron chi connectivity index (χ0n) is 11.8. The molecule has 1 unspecified atom stereocenters. The molecule has 2 N–H and O–H groups in total. The van der Waals surface area contributed by atoms with Gasteiger partial charge in [0.15, 0.2) is 0 Å². The molecule has 2 rings (SSSR count). The second-order valence-electron chi connectivity index (χ2n) is 4.60. The maximum Gasteiger partial charge on any atom is 0.120 e. The van der Waals surface area contributed by atoms with E-state index in [2.05, 4.69) is 4.98 Å². The highest BCUT2D eigenvalue weighted by atomic mass is 32.2. The van der Waals surface area contributed by atoms with Crippen molar-refractivity contribution in [1.82, 2.24) is 4.98 Å². The number of anilines is 1. The molecule has 20 heavy (non-hydrogen) atoms. The van der Waals surface area contributed by atoms with E-state index >= 15 is 0 Å². The van der Waals surface area contributed by atoms with Crippen LogP contribution in [0.25, 0.3) is 0 Å². The van der Waals surface area contributed by atoms with Crippen molar-refractivity contribution in [3.05, 3.63) is 47.3 Å². The lowest BCUT2D eigenvalue weighted by molar-refractivity contribution is 0.413. The molecule has 0 saturated carbocycles. The van der Waals surface area contributed by atoms with Crippen LogP contribution in [0, 0.1) is 13.8 Å². The van der Waals surface area contributed by atoms with Crippen molar-refractivity contribution in [2.75, 3.05) is 12.8 Å². The van der Waals surface area contributed by atoms with E-state index in [1.807, 2.05) is 32.0 Å². The Bertz CT molecular complexity index is 656. The van der Waals surface area contributed by atoms with Gasteiger partial charge in [0.05, 0.1) is 29.4 Å². The van der Waals surface area contributed by atoms with Crippen LogP contribution in [0.5, 0.6) is 5.75 Å². The minimum Gasteiger partial charge on any atom is -0.497 e. The van der Waals surface area contributed by atoms with Gasteiger partial charge in [-0.05, 0) is 43.2 Å². The number of nitrogens with zero attached hydrogens (tertiary/aromatic N) is 1. The minimum absolute atomic E-state index is 0.351. The van der Waals surface area contributed by atoms with E-state index in [0.29, 0.717) is 11.5 Å². The molecule has 0 saturated heterocycles. The highest BCUT2D eigenvalue weighted by Crippen LogP contribution is 2.22. The number of aryl methyl sites for hydroxylation is 1. The normalized spacial score (nSPS) is 12.2. The molecule has 0 amide bonds. The van der Waals surface area contributed by atoms with Crippen LogP contribution < -0.4 is 10.5 Å². The predicted molar refractivity (Wildman–Crippen MR) is 81.2 cm³/mol. The van der Waals surface area contributed by atoms with Gasteiger partial charge in [-0.2, -0.15) is 0 Å². The van der Waals surface area contributed by atoms with E-state index in [0.717, 1.165) is 27.4 Å². The van der Waals surface area contributed by atoms with Crippen molar-refractivity contribution in [3.63, 3.8) is 0 Å². The van der Waals surface area contributed by atoms with Crippen molar-refractivity contribution in [2.24, 2.45) is 0 Å². The lowest BCUT2D eigenvalue weighted by atomic mass is 10.1. The number of pyridine rings is 1. The molecule has 5 heteroatoms. The topological polar surface area (TPSA) is 65.2 Å². The van der Waals surface area contributed by atoms with Gasteiger partial charge in [0.25, 0.3) is 0 Å². The summed E-state index contributed by atoms with van der Waals surface area (Å²) in [6.45, 7) is 3.82. The summed E-state index contributed by atoms with van der Waals surface area (Å²) in [4.78, 5) is 5.07. The number of ether oxygens (including phenoxy) is 1. The Labute approximate surface area is 121 Å². The average molecular weight is 290 g/mol. The molecule has 2 aromatic rings. The molecule has 1 aromatic heterocycles. The fourth-order valence-corrected chi connectivity index (χ4v) is 3.07. The maximum absolute atomic E-state index is 12.4. The second kappa shape index (κ2) is 6.05. The van der Waals surface area contributed by atoms with E-state index in [1.54, 1.807) is 19.4 Å². The Kier molecular flexibility index (Phi) is 4.39. The van der Waals surface area contributed by atoms with Crippen molar-refractivity contribution < 1.29 is 8.95 Å². The smallest absolute Gasteiger partial charge is 0.120 e. The van der Waals surface area contributed by atoms with E-state index in [1.165, 1.54) is 0 Å². The summed E-state index contributed by atoms with van der Waals surface area (Å²) < 4.78 is 17.5. The number of benzene rings is 1. The number of aromatic nitrogens is 1. The molecular formula is C15H18N2O2S. The highest BCUT2D eigenvalue weighted by molar-refractivity contribution is 7.84. The van der Waals surface area contributed by atoms with Gasteiger partial charge in [-0.15, -0.1) is 0 Å². The molecule has 0 bridgehead atoms. The van der Waals surface area contributed by atoms with Gasteiger partial charge >= 0.3 is 0 Å². The third-order valence-electron chi connectivity index (χ3n) is 3.25. The van der Waals surface area contributed by atoms with Gasteiger partial charge in [0, 0.05) is 16.8 Å². The fraction of sp³-hybridized carbons (Fsp3) is 0.267. The average Bonchev–Trinajstić information content (AvgIpc) is 2.48. The summed E-state index contributed by atoms with van der Waals surface area (Å²) >= 11 is 0. The lowest BCUT2D eigenvalue weighted by Gasteiger charge is -2.10. The molecule has 4 nitrogen and oxygen atoms in total. The molecule has 0 spiro atoms. The van der Waals surface area contributed by atoms with Gasteiger partial charge < -0.3 is 10.5 Å². The number of hydrogen-bond acceptors (Lipinski definition) is 4. The highest BCUT2D eigenvalue weighted by Gasteiger charge is 2.12. The van der Waals surface area contributed by atoms with Gasteiger partial charge in [-0.3, -0.25) is 9.19 Å². The summed E-state index contributed by atoms with van der Waals surface area (Å²) in [6.07, 6.45) is 1.72. The van der Waals surface area contributed by atoms with Gasteiger partial charge in [0.1, 0.15) is 5.75 Å². The first-order chi connectivity index (χ1) is 9.52. The standard InChI is InChI=1S/C15H18N2O2S/c1-10-8-17-14(11(2)15(10)16)9-20(18)13-6-4-5-12(7-13)19-3/h4-8H,9H2,1-3H3,(H2,16,17). The number of nitrogens with two attached hydrogens (primary N) is 1. The number of hydrogen-bond donors (Lipinski definition) is 1. The van der Waals surface area contributed by atoms with Crippen molar-refractivity contribution in [2.45, 2.75) is 24.5 Å². The van der Waals surface area contributed by atoms with E-state index < -0.39 is 10.8 Å². The number of nitrogen functional groups attached to an aromatic ring is 1. The Hall–Kier alpha value is -1.88. The van der Waals surface area contributed by atoms with Gasteiger partial charge in [-0.25, -0.2) is 0 Å². The Balaban J connectivity index is 2.25. The Morgan fingerprint density at radius 1 is 1.35 bits per heavy atom. The molecule has 1 atom stereocenters. The van der Waals surface area contributed by atoms with Crippen LogP contribution in [0.15, 0.2) is 35.4 Å². The molecule has 1 heterocycles. The van der Waals surface area contributed by atoms with Crippen molar-refractivity contribution in [3.8, 4) is 5.75 Å². The third-order valence-corrected chi connectivity index (χ3v) is 4.56. The summed E-state index contributed by atoms with van der Waals surface area (Å²) in [6, 6.07) is 7.26. The van der Waals surface area contributed by atoms with Gasteiger partial charge in [-0.1, -0.05) is 6.07 Å². The third kappa shape index (κ3) is 2.99. The summed E-state index contributed by atoms with van der Waals surface area (Å²) in [5.74, 6) is 1.05. The zero-order chi connectivity index (χ0) is 14.7. The Morgan fingerprint density at radius 3 is 2.80 bits per heavy atom. The van der Waals surface area contributed by atoms with Crippen molar-refractivity contribution >= 4 is 16.5 Å². The van der Waals surface area contributed by atoms with E-state index in [-0.39, 0.29) is 0 Å². The van der Waals surface area contributed by atoms with Crippen LogP contribution >= 0.6 is 0 Å². The van der Waals surface area contributed by atoms with Crippen molar-refractivity contribution in [1.29, 1.82) is 0 Å². The summed E-state index contributed by atoms with van der Waals surface area (Å²) in [5, 5.41) is 0. The Morgan fingerprint density at radius 2 is 2.10 bits per heavy atom. The van der Waals surface area contributed by atoms with E-state index in [4.69, 9.17) is 10.5 Å². The molecule has 1 aromatic carbocycles. The first-order valence-electron chi connectivity index (χ1n) is 6.26. The molecule has 0 radical (unpaired) electrons. The lowest BCUT2D eigenvalue weighted by Crippen LogP contribution is -2.05. The quantitative estimate of drug-likeness (QED) is 0.940. The first-order valence-corrected chi connectivity index (χ1v) is 7.57. The minimum atomic E-state index is -1.17. The zero-order valence-corrected chi connectivity index (χ0v) is 12.7. The second-order valence-corrected chi connectivity index (χ2v) is 6.05. The van der Waals surface area contributed by atoms with E-state index in [9.17, 15) is 4.21 Å². The monoisotopic (exact) mass is 290 g/mol. The summed E-state index contributed by atoms with van der Waals surface area (Å²) in [5.41, 5.74) is 9.32. The largest absolute Gasteiger partial charge is 0.497 e. The molecule has 0 aliphatic carbocycles. The first kappa shape index (κ1) is 14.5. The summed E-state index contributed by atoms with van der Waals surface area (Å²) in [7, 11) is 0.422. The van der Waals surface area contributed by atoms with Crippen LogP contribution in [0.1, 0.15) is 16.8 Å². The SMILES string of the molecule is COc1cccc(S(=O)Cc2ncc(C)c(N)c2C)c1. The number of methoxy groups -OCH3 is 1. The molecule has 0 fully saturated rings. The molecule has 0 aliphatic rings. The molecule has 106 valence electrons. The fourth-order valence-electron chi connectivity index (χ4n) is 1.89. The van der Waals surface area contributed by atoms with Crippen LogP contribution in [0.2, 0.25) is 0 Å².